The molecule has 2 unspecified atom stereocenters. The molecule has 2 saturated carbocycles. The van der Waals surface area contributed by atoms with Crippen LogP contribution >= 0.6 is 0 Å². The summed E-state index contributed by atoms with van der Waals surface area (Å²) in [5, 5.41) is 10.6. The summed E-state index contributed by atoms with van der Waals surface area (Å²) in [5.41, 5.74) is 0.201. The molecule has 0 spiro atoms. The maximum atomic E-state index is 12.8. The van der Waals surface area contributed by atoms with Crippen molar-refractivity contribution >= 4 is 0 Å². The Labute approximate surface area is 95.3 Å². The summed E-state index contributed by atoms with van der Waals surface area (Å²) in [7, 11) is 0. The summed E-state index contributed by atoms with van der Waals surface area (Å²) in [6.07, 6.45) is 5.56. The Morgan fingerprint density at radius 2 is 1.62 bits per heavy atom. The highest BCUT2D eigenvalue weighted by atomic mass is 19.1. The molecule has 0 bridgehead atoms. The lowest BCUT2D eigenvalue weighted by Crippen LogP contribution is -2.22. The van der Waals surface area contributed by atoms with Crippen molar-refractivity contribution in [2.75, 3.05) is 0 Å². The predicted molar refractivity (Wildman–Crippen MR) is 60.4 cm³/mol. The minimum Gasteiger partial charge on any atom is -0.385 e. The molecule has 1 N–H and O–H groups in total. The monoisotopic (exact) mass is 220 g/mol. The van der Waals surface area contributed by atoms with Gasteiger partial charge in [-0.3, -0.25) is 0 Å². The Bertz CT molecular complexity index is 372. The van der Waals surface area contributed by atoms with Crippen LogP contribution in [0.4, 0.5) is 4.39 Å². The van der Waals surface area contributed by atoms with Gasteiger partial charge in [-0.25, -0.2) is 4.39 Å². The smallest absolute Gasteiger partial charge is 0.123 e. The highest BCUT2D eigenvalue weighted by Crippen LogP contribution is 2.52. The summed E-state index contributed by atoms with van der Waals surface area (Å²) in [6, 6.07) is 6.36. The SMILES string of the molecule is OC1(c2ccc(F)cc2)CC2CCCC2C1. The second-order valence-corrected chi connectivity index (χ2v) is 5.40. The first-order valence-electron chi connectivity index (χ1n) is 6.16. The summed E-state index contributed by atoms with van der Waals surface area (Å²) in [5.74, 6) is 1.15. The van der Waals surface area contributed by atoms with Gasteiger partial charge in [0.1, 0.15) is 5.82 Å². The molecule has 2 fully saturated rings. The van der Waals surface area contributed by atoms with Crippen molar-refractivity contribution in [3.63, 3.8) is 0 Å². The van der Waals surface area contributed by atoms with Gasteiger partial charge in [0.25, 0.3) is 0 Å². The van der Waals surface area contributed by atoms with Crippen molar-refractivity contribution in [3.8, 4) is 0 Å². The van der Waals surface area contributed by atoms with E-state index in [2.05, 4.69) is 0 Å². The predicted octanol–water partition coefficient (Wildman–Crippen LogP) is 3.22. The zero-order chi connectivity index (χ0) is 11.2. The fraction of sp³-hybridized carbons (Fsp3) is 0.571. The third-order valence-electron chi connectivity index (χ3n) is 4.40. The van der Waals surface area contributed by atoms with Gasteiger partial charge in [0.2, 0.25) is 0 Å². The van der Waals surface area contributed by atoms with E-state index in [-0.39, 0.29) is 5.82 Å². The topological polar surface area (TPSA) is 20.2 Å². The molecule has 0 aromatic heterocycles. The van der Waals surface area contributed by atoms with E-state index in [1.54, 1.807) is 12.1 Å². The van der Waals surface area contributed by atoms with Crippen molar-refractivity contribution < 1.29 is 9.50 Å². The van der Waals surface area contributed by atoms with Crippen LogP contribution in [0.3, 0.4) is 0 Å². The van der Waals surface area contributed by atoms with E-state index in [0.29, 0.717) is 11.8 Å². The van der Waals surface area contributed by atoms with Crippen LogP contribution in [0.2, 0.25) is 0 Å². The third kappa shape index (κ3) is 1.56. The van der Waals surface area contributed by atoms with Gasteiger partial charge in [-0.2, -0.15) is 0 Å². The Kier molecular flexibility index (Phi) is 2.28. The van der Waals surface area contributed by atoms with E-state index in [4.69, 9.17) is 0 Å². The average molecular weight is 220 g/mol. The second-order valence-electron chi connectivity index (χ2n) is 5.40. The molecule has 2 atom stereocenters. The normalized spacial score (nSPS) is 37.6. The maximum Gasteiger partial charge on any atom is 0.123 e. The molecule has 0 heterocycles. The molecule has 2 heteroatoms. The second kappa shape index (κ2) is 3.56. The standard InChI is InChI=1S/C14H17FO/c15-13-6-4-12(5-7-13)14(16)8-10-2-1-3-11(10)9-14/h4-7,10-11,16H,1-3,8-9H2. The van der Waals surface area contributed by atoms with Crippen LogP contribution in [0.5, 0.6) is 0 Å². The van der Waals surface area contributed by atoms with Gasteiger partial charge in [0.05, 0.1) is 5.60 Å². The number of hydrogen-bond acceptors (Lipinski definition) is 1. The fourth-order valence-corrected chi connectivity index (χ4v) is 3.60. The maximum absolute atomic E-state index is 12.8. The molecule has 2 aliphatic rings. The first-order valence-corrected chi connectivity index (χ1v) is 6.16. The van der Waals surface area contributed by atoms with Crippen molar-refractivity contribution in [3.05, 3.63) is 35.6 Å². The molecule has 1 aromatic carbocycles. The summed E-state index contributed by atoms with van der Waals surface area (Å²) < 4.78 is 12.8. The van der Waals surface area contributed by atoms with Gasteiger partial charge in [-0.15, -0.1) is 0 Å². The Hall–Kier alpha value is -0.890. The molecule has 1 aromatic rings. The molecule has 86 valence electrons. The highest BCUT2D eigenvalue weighted by molar-refractivity contribution is 5.25. The Morgan fingerprint density at radius 3 is 2.19 bits per heavy atom. The van der Waals surface area contributed by atoms with Crippen LogP contribution in [-0.4, -0.2) is 5.11 Å². The Morgan fingerprint density at radius 1 is 1.06 bits per heavy atom. The number of benzene rings is 1. The molecule has 0 saturated heterocycles. The van der Waals surface area contributed by atoms with Crippen LogP contribution in [0.15, 0.2) is 24.3 Å². The van der Waals surface area contributed by atoms with Crippen LogP contribution in [-0.2, 0) is 5.60 Å². The quantitative estimate of drug-likeness (QED) is 0.770. The highest BCUT2D eigenvalue weighted by Gasteiger charge is 2.46. The zero-order valence-corrected chi connectivity index (χ0v) is 9.32. The van der Waals surface area contributed by atoms with Crippen molar-refractivity contribution in [2.45, 2.75) is 37.7 Å². The van der Waals surface area contributed by atoms with Gasteiger partial charge >= 0.3 is 0 Å². The number of aliphatic hydroxyl groups is 1. The van der Waals surface area contributed by atoms with Gasteiger partial charge < -0.3 is 5.11 Å². The fourth-order valence-electron chi connectivity index (χ4n) is 3.60. The van der Waals surface area contributed by atoms with E-state index in [9.17, 15) is 9.50 Å². The molecule has 1 nitrogen and oxygen atoms in total. The van der Waals surface area contributed by atoms with Crippen LogP contribution in [0.1, 0.15) is 37.7 Å². The number of halogens is 1. The molecule has 16 heavy (non-hydrogen) atoms. The van der Waals surface area contributed by atoms with Gasteiger partial charge in [-0.05, 0) is 42.4 Å². The average Bonchev–Trinajstić information content (AvgIpc) is 2.77. The molecular weight excluding hydrogens is 203 g/mol. The van der Waals surface area contributed by atoms with Crippen molar-refractivity contribution in [1.29, 1.82) is 0 Å². The third-order valence-corrected chi connectivity index (χ3v) is 4.40. The summed E-state index contributed by atoms with van der Waals surface area (Å²) >= 11 is 0. The van der Waals surface area contributed by atoms with Gasteiger partial charge in [0.15, 0.2) is 0 Å². The zero-order valence-electron chi connectivity index (χ0n) is 9.32. The van der Waals surface area contributed by atoms with Crippen molar-refractivity contribution in [1.82, 2.24) is 0 Å². The number of fused-ring (bicyclic) bond motifs is 1. The summed E-state index contributed by atoms with van der Waals surface area (Å²) in [4.78, 5) is 0. The number of hydrogen-bond donors (Lipinski definition) is 1. The molecule has 0 radical (unpaired) electrons. The summed E-state index contributed by atoms with van der Waals surface area (Å²) in [6.45, 7) is 0. The minimum atomic E-state index is -0.691. The Balaban J connectivity index is 1.86. The largest absolute Gasteiger partial charge is 0.385 e. The molecule has 2 aliphatic carbocycles. The minimum absolute atomic E-state index is 0.231. The number of rotatable bonds is 1. The van der Waals surface area contributed by atoms with E-state index in [1.807, 2.05) is 0 Å². The molecule has 0 amide bonds. The lowest BCUT2D eigenvalue weighted by Gasteiger charge is -2.24. The van der Waals surface area contributed by atoms with E-state index < -0.39 is 5.60 Å². The first-order chi connectivity index (χ1) is 7.67. The van der Waals surface area contributed by atoms with Crippen LogP contribution < -0.4 is 0 Å². The first kappa shape index (κ1) is 10.3. The van der Waals surface area contributed by atoms with E-state index in [1.165, 1.54) is 31.4 Å². The lowest BCUT2D eigenvalue weighted by molar-refractivity contribution is 0.0351. The van der Waals surface area contributed by atoms with Crippen LogP contribution in [0.25, 0.3) is 0 Å². The van der Waals surface area contributed by atoms with Crippen LogP contribution in [0, 0.1) is 17.7 Å². The molecular formula is C14H17FO. The van der Waals surface area contributed by atoms with E-state index in [0.717, 1.165) is 18.4 Å². The molecule has 3 rings (SSSR count). The lowest BCUT2D eigenvalue weighted by atomic mass is 9.89. The molecule has 0 aliphatic heterocycles. The van der Waals surface area contributed by atoms with E-state index >= 15 is 0 Å². The van der Waals surface area contributed by atoms with Gasteiger partial charge in [-0.1, -0.05) is 31.4 Å². The van der Waals surface area contributed by atoms with Gasteiger partial charge in [0, 0.05) is 0 Å². The van der Waals surface area contributed by atoms with Crippen molar-refractivity contribution in [2.24, 2.45) is 11.8 Å².